The Bertz CT molecular complexity index is 478. The van der Waals surface area contributed by atoms with Gasteiger partial charge in [-0.25, -0.2) is 4.79 Å². The number of nitrogens with one attached hydrogen (secondary N) is 2. The van der Waals surface area contributed by atoms with Gasteiger partial charge in [-0.2, -0.15) is 0 Å². The first-order valence-corrected chi connectivity index (χ1v) is 7.38. The number of nitrogens with zero attached hydrogens (tertiary/aromatic N) is 1. The van der Waals surface area contributed by atoms with Crippen molar-refractivity contribution in [3.63, 3.8) is 0 Å². The molecule has 2 heterocycles. The predicted molar refractivity (Wildman–Crippen MR) is 76.9 cm³/mol. The SMILES string of the molecule is CCNC(=O)c1cc(NC(=O)N2CCCC2)c(C)s1. The van der Waals surface area contributed by atoms with Crippen molar-refractivity contribution in [2.45, 2.75) is 26.7 Å². The first kappa shape index (κ1) is 13.9. The largest absolute Gasteiger partial charge is 0.352 e. The molecule has 2 rings (SSSR count). The lowest BCUT2D eigenvalue weighted by Gasteiger charge is -2.15. The summed E-state index contributed by atoms with van der Waals surface area (Å²) in [6.45, 7) is 6.03. The lowest BCUT2D eigenvalue weighted by Crippen LogP contribution is -2.32. The first-order chi connectivity index (χ1) is 9.11. The molecular formula is C13H19N3O2S. The zero-order valence-corrected chi connectivity index (χ0v) is 12.1. The summed E-state index contributed by atoms with van der Waals surface area (Å²) in [5.74, 6) is -0.0859. The molecule has 5 nitrogen and oxygen atoms in total. The average molecular weight is 281 g/mol. The number of likely N-dealkylation sites (tertiary alicyclic amines) is 1. The molecule has 1 aromatic rings. The zero-order valence-electron chi connectivity index (χ0n) is 11.3. The lowest BCUT2D eigenvalue weighted by molar-refractivity contribution is 0.0960. The molecule has 0 bridgehead atoms. The number of hydrogen-bond donors (Lipinski definition) is 2. The van der Waals surface area contributed by atoms with Crippen LogP contribution in [0.15, 0.2) is 6.07 Å². The second-order valence-corrected chi connectivity index (χ2v) is 5.82. The van der Waals surface area contributed by atoms with Gasteiger partial charge in [0.05, 0.1) is 10.6 Å². The lowest BCUT2D eigenvalue weighted by atomic mass is 10.3. The highest BCUT2D eigenvalue weighted by atomic mass is 32.1. The van der Waals surface area contributed by atoms with E-state index in [-0.39, 0.29) is 11.9 Å². The van der Waals surface area contributed by atoms with E-state index < -0.39 is 0 Å². The number of carbonyl (C=O) groups is 2. The fourth-order valence-electron chi connectivity index (χ4n) is 2.08. The van der Waals surface area contributed by atoms with Crippen LogP contribution < -0.4 is 10.6 Å². The van der Waals surface area contributed by atoms with Crippen LogP contribution >= 0.6 is 11.3 Å². The maximum absolute atomic E-state index is 12.0. The average Bonchev–Trinajstić information content (AvgIpc) is 3.00. The van der Waals surface area contributed by atoms with Gasteiger partial charge in [-0.05, 0) is 32.8 Å². The van der Waals surface area contributed by atoms with Crippen LogP contribution in [0.3, 0.4) is 0 Å². The van der Waals surface area contributed by atoms with E-state index in [1.807, 2.05) is 18.7 Å². The molecule has 6 heteroatoms. The number of thiophene rings is 1. The molecule has 104 valence electrons. The van der Waals surface area contributed by atoms with Crippen LogP contribution in [0.2, 0.25) is 0 Å². The third-order valence-electron chi connectivity index (χ3n) is 3.11. The van der Waals surface area contributed by atoms with Crippen LogP contribution in [-0.2, 0) is 0 Å². The number of rotatable bonds is 3. The van der Waals surface area contributed by atoms with Crippen molar-refractivity contribution in [2.24, 2.45) is 0 Å². The Kier molecular flexibility index (Phi) is 4.42. The molecule has 0 aliphatic carbocycles. The quantitative estimate of drug-likeness (QED) is 0.894. The van der Waals surface area contributed by atoms with Crippen LogP contribution in [0.1, 0.15) is 34.3 Å². The van der Waals surface area contributed by atoms with Gasteiger partial charge in [0.25, 0.3) is 5.91 Å². The molecule has 0 unspecified atom stereocenters. The summed E-state index contributed by atoms with van der Waals surface area (Å²) in [6, 6.07) is 1.68. The van der Waals surface area contributed by atoms with Crippen molar-refractivity contribution in [3.05, 3.63) is 15.8 Å². The normalized spacial score (nSPS) is 14.5. The Morgan fingerprint density at radius 2 is 2.05 bits per heavy atom. The molecule has 1 aliphatic heterocycles. The van der Waals surface area contributed by atoms with Gasteiger partial charge in [-0.1, -0.05) is 0 Å². The Balaban J connectivity index is 2.04. The summed E-state index contributed by atoms with van der Waals surface area (Å²) in [6.07, 6.45) is 2.14. The van der Waals surface area contributed by atoms with Gasteiger partial charge >= 0.3 is 6.03 Å². The predicted octanol–water partition coefficient (Wildman–Crippen LogP) is 2.43. The summed E-state index contributed by atoms with van der Waals surface area (Å²) >= 11 is 1.40. The second-order valence-electron chi connectivity index (χ2n) is 4.56. The van der Waals surface area contributed by atoms with Crippen LogP contribution in [0.25, 0.3) is 0 Å². The Hall–Kier alpha value is -1.56. The summed E-state index contributed by atoms with van der Waals surface area (Å²) in [5, 5.41) is 5.65. The molecule has 19 heavy (non-hydrogen) atoms. The van der Waals surface area contributed by atoms with Gasteiger partial charge in [0.1, 0.15) is 0 Å². The highest BCUT2D eigenvalue weighted by molar-refractivity contribution is 7.14. The molecule has 1 saturated heterocycles. The summed E-state index contributed by atoms with van der Waals surface area (Å²) < 4.78 is 0. The van der Waals surface area contributed by atoms with Crippen LogP contribution in [0, 0.1) is 6.92 Å². The fraction of sp³-hybridized carbons (Fsp3) is 0.538. The van der Waals surface area contributed by atoms with Crippen LogP contribution in [0.4, 0.5) is 10.5 Å². The van der Waals surface area contributed by atoms with Crippen molar-refractivity contribution in [3.8, 4) is 0 Å². The summed E-state index contributed by atoms with van der Waals surface area (Å²) in [7, 11) is 0. The minimum atomic E-state index is -0.0859. The number of anilines is 1. The highest BCUT2D eigenvalue weighted by Gasteiger charge is 2.20. The Morgan fingerprint density at radius 3 is 2.68 bits per heavy atom. The van der Waals surface area contributed by atoms with Crippen molar-refractivity contribution in [1.82, 2.24) is 10.2 Å². The molecule has 1 aliphatic rings. The molecular weight excluding hydrogens is 262 g/mol. The maximum atomic E-state index is 12.0. The molecule has 0 atom stereocenters. The third kappa shape index (κ3) is 3.26. The monoisotopic (exact) mass is 281 g/mol. The molecule has 2 N–H and O–H groups in total. The van der Waals surface area contributed by atoms with Crippen molar-refractivity contribution in [1.29, 1.82) is 0 Å². The highest BCUT2D eigenvalue weighted by Crippen LogP contribution is 2.26. The molecule has 0 aromatic carbocycles. The van der Waals surface area contributed by atoms with E-state index in [9.17, 15) is 9.59 Å². The van der Waals surface area contributed by atoms with E-state index in [2.05, 4.69) is 10.6 Å². The first-order valence-electron chi connectivity index (χ1n) is 6.56. The number of aryl methyl sites for hydroxylation is 1. The maximum Gasteiger partial charge on any atom is 0.321 e. The number of amides is 3. The van der Waals surface area contributed by atoms with Gasteiger partial charge in [0.15, 0.2) is 0 Å². The summed E-state index contributed by atoms with van der Waals surface area (Å²) in [5.41, 5.74) is 0.739. The Morgan fingerprint density at radius 1 is 1.37 bits per heavy atom. The topological polar surface area (TPSA) is 61.4 Å². The molecule has 1 fully saturated rings. The third-order valence-corrected chi connectivity index (χ3v) is 4.16. The Labute approximate surface area is 117 Å². The smallest absolute Gasteiger partial charge is 0.321 e. The van der Waals surface area contributed by atoms with Crippen molar-refractivity contribution in [2.75, 3.05) is 25.0 Å². The van der Waals surface area contributed by atoms with Gasteiger partial charge in [-0.15, -0.1) is 11.3 Å². The van der Waals surface area contributed by atoms with Gasteiger partial charge in [-0.3, -0.25) is 4.79 Å². The molecule has 3 amide bonds. The number of hydrogen-bond acceptors (Lipinski definition) is 3. The summed E-state index contributed by atoms with van der Waals surface area (Å²) in [4.78, 5) is 27.1. The van der Waals surface area contributed by atoms with Crippen molar-refractivity contribution < 1.29 is 9.59 Å². The zero-order chi connectivity index (χ0) is 13.8. The van der Waals surface area contributed by atoms with Gasteiger partial charge < -0.3 is 15.5 Å². The molecule has 0 spiro atoms. The standard InChI is InChI=1S/C13H19N3O2S/c1-3-14-12(17)11-8-10(9(2)19-11)15-13(18)16-6-4-5-7-16/h8H,3-7H2,1-2H3,(H,14,17)(H,15,18). The van der Waals surface area contributed by atoms with Crippen LogP contribution in [-0.4, -0.2) is 36.5 Å². The van der Waals surface area contributed by atoms with E-state index in [0.29, 0.717) is 11.4 Å². The minimum Gasteiger partial charge on any atom is -0.352 e. The number of urea groups is 1. The molecule has 0 saturated carbocycles. The van der Waals surface area contributed by atoms with E-state index in [0.717, 1.165) is 36.5 Å². The van der Waals surface area contributed by atoms with E-state index in [4.69, 9.17) is 0 Å². The molecule has 0 radical (unpaired) electrons. The minimum absolute atomic E-state index is 0.0687. The van der Waals surface area contributed by atoms with E-state index in [1.54, 1.807) is 6.07 Å². The van der Waals surface area contributed by atoms with Gasteiger partial charge in [0, 0.05) is 24.5 Å². The molecule has 1 aromatic heterocycles. The van der Waals surface area contributed by atoms with Crippen molar-refractivity contribution >= 4 is 29.0 Å². The van der Waals surface area contributed by atoms with Crippen LogP contribution in [0.5, 0.6) is 0 Å². The van der Waals surface area contributed by atoms with Gasteiger partial charge in [0.2, 0.25) is 0 Å². The van der Waals surface area contributed by atoms with E-state index in [1.165, 1.54) is 11.3 Å². The number of carbonyl (C=O) groups excluding carboxylic acids is 2. The fourth-order valence-corrected chi connectivity index (χ4v) is 2.97. The second kappa shape index (κ2) is 6.06. The van der Waals surface area contributed by atoms with E-state index >= 15 is 0 Å².